The fourth-order valence-corrected chi connectivity index (χ4v) is 3.41. The maximum Gasteiger partial charge on any atom is 0.254 e. The predicted molar refractivity (Wildman–Crippen MR) is 87.7 cm³/mol. The molecule has 2 rings (SSSR count). The first-order chi connectivity index (χ1) is 10.5. The van der Waals surface area contributed by atoms with Crippen molar-refractivity contribution >= 4 is 17.5 Å². The summed E-state index contributed by atoms with van der Waals surface area (Å²) < 4.78 is 13.6. The second-order valence-electron chi connectivity index (χ2n) is 6.44. The number of nitrogens with one attached hydrogen (secondary N) is 1. The molecule has 122 valence electrons. The molecule has 1 saturated heterocycles. The van der Waals surface area contributed by atoms with Crippen LogP contribution in [0.2, 0.25) is 5.02 Å². The number of hydrogen-bond donors (Lipinski definition) is 1. The number of hydrogen-bond acceptors (Lipinski definition) is 2. The quantitative estimate of drug-likeness (QED) is 0.839. The van der Waals surface area contributed by atoms with E-state index in [0.717, 1.165) is 44.0 Å². The van der Waals surface area contributed by atoms with Crippen molar-refractivity contribution in [3.05, 3.63) is 34.6 Å². The Labute approximate surface area is 136 Å². The summed E-state index contributed by atoms with van der Waals surface area (Å²) in [6, 6.07) is 4.10. The average Bonchev–Trinajstić information content (AvgIpc) is 2.42. The maximum absolute atomic E-state index is 13.6. The molecule has 1 aliphatic heterocycles. The van der Waals surface area contributed by atoms with Crippen LogP contribution >= 0.6 is 11.6 Å². The van der Waals surface area contributed by atoms with E-state index in [-0.39, 0.29) is 11.5 Å². The lowest BCUT2D eigenvalue weighted by Gasteiger charge is -2.34. The fraction of sp³-hybridized carbons (Fsp3) is 0.588. The van der Waals surface area contributed by atoms with Crippen molar-refractivity contribution in [3.63, 3.8) is 0 Å². The molecule has 0 radical (unpaired) electrons. The number of amides is 1. The van der Waals surface area contributed by atoms with Gasteiger partial charge in [0.25, 0.3) is 5.91 Å². The summed E-state index contributed by atoms with van der Waals surface area (Å²) in [4.78, 5) is 14.4. The van der Waals surface area contributed by atoms with Crippen LogP contribution in [0.1, 0.15) is 37.0 Å². The zero-order chi connectivity index (χ0) is 16.1. The van der Waals surface area contributed by atoms with E-state index in [1.165, 1.54) is 18.6 Å². The molecular weight excluding hydrogens is 303 g/mol. The second kappa shape index (κ2) is 7.93. The molecule has 0 aromatic heterocycles. The van der Waals surface area contributed by atoms with Gasteiger partial charge in [0.05, 0.1) is 5.56 Å². The lowest BCUT2D eigenvalue weighted by atomic mass is 9.92. The largest absolute Gasteiger partial charge is 0.352 e. The molecule has 1 fully saturated rings. The topological polar surface area (TPSA) is 32.3 Å². The van der Waals surface area contributed by atoms with Crippen LogP contribution in [-0.4, -0.2) is 37.0 Å². The van der Waals surface area contributed by atoms with Gasteiger partial charge < -0.3 is 10.2 Å². The van der Waals surface area contributed by atoms with Gasteiger partial charge in [-0.05, 0) is 49.4 Å². The second-order valence-corrected chi connectivity index (χ2v) is 6.88. The minimum absolute atomic E-state index is 0.0459. The monoisotopic (exact) mass is 326 g/mol. The lowest BCUT2D eigenvalue weighted by molar-refractivity contribution is 0.0943. The molecule has 0 aliphatic carbocycles. The van der Waals surface area contributed by atoms with Gasteiger partial charge in [0.2, 0.25) is 0 Å². The van der Waals surface area contributed by atoms with E-state index in [1.54, 1.807) is 0 Å². The Morgan fingerprint density at radius 1 is 1.36 bits per heavy atom. The molecule has 3 nitrogen and oxygen atoms in total. The summed E-state index contributed by atoms with van der Waals surface area (Å²) in [5.41, 5.74) is 0.0459. The van der Waals surface area contributed by atoms with Crippen LogP contribution in [0.3, 0.4) is 0 Å². The molecular formula is C17H24ClFN2O. The normalized spacial score (nSPS) is 22.5. The molecule has 5 heteroatoms. The van der Waals surface area contributed by atoms with E-state index in [2.05, 4.69) is 24.1 Å². The molecule has 0 bridgehead atoms. The van der Waals surface area contributed by atoms with Crippen LogP contribution in [0.15, 0.2) is 18.2 Å². The van der Waals surface area contributed by atoms with Crippen LogP contribution in [0.4, 0.5) is 4.39 Å². The average molecular weight is 327 g/mol. The number of nitrogens with zero attached hydrogens (tertiary/aromatic N) is 1. The number of benzene rings is 1. The highest BCUT2D eigenvalue weighted by molar-refractivity contribution is 6.30. The Kier molecular flexibility index (Phi) is 6.21. The van der Waals surface area contributed by atoms with Gasteiger partial charge in [-0.25, -0.2) is 4.39 Å². The van der Waals surface area contributed by atoms with Crippen molar-refractivity contribution in [2.45, 2.75) is 26.7 Å². The first-order valence-corrected chi connectivity index (χ1v) is 8.29. The minimum Gasteiger partial charge on any atom is -0.352 e. The summed E-state index contributed by atoms with van der Waals surface area (Å²) in [7, 11) is 0. The van der Waals surface area contributed by atoms with Gasteiger partial charge in [-0.1, -0.05) is 25.4 Å². The molecule has 1 N–H and O–H groups in total. The van der Waals surface area contributed by atoms with Crippen LogP contribution in [0, 0.1) is 17.7 Å². The van der Waals surface area contributed by atoms with E-state index < -0.39 is 5.82 Å². The summed E-state index contributed by atoms with van der Waals surface area (Å²) in [6.07, 6.45) is 2.17. The lowest BCUT2D eigenvalue weighted by Crippen LogP contribution is -2.40. The highest BCUT2D eigenvalue weighted by Crippen LogP contribution is 2.20. The van der Waals surface area contributed by atoms with Gasteiger partial charge in [0, 0.05) is 24.7 Å². The highest BCUT2D eigenvalue weighted by Gasteiger charge is 2.21. The van der Waals surface area contributed by atoms with Crippen LogP contribution in [0.25, 0.3) is 0 Å². The molecule has 1 aliphatic rings. The van der Waals surface area contributed by atoms with Crippen molar-refractivity contribution in [3.8, 4) is 0 Å². The van der Waals surface area contributed by atoms with Crippen LogP contribution in [0.5, 0.6) is 0 Å². The number of carbonyl (C=O) groups excluding carboxylic acids is 1. The molecule has 1 aromatic carbocycles. The third-order valence-corrected chi connectivity index (χ3v) is 4.29. The summed E-state index contributed by atoms with van der Waals surface area (Å²) >= 11 is 5.68. The third kappa shape index (κ3) is 4.96. The Hall–Kier alpha value is -1.13. The molecule has 0 saturated carbocycles. The van der Waals surface area contributed by atoms with E-state index in [4.69, 9.17) is 11.6 Å². The van der Waals surface area contributed by atoms with Crippen LogP contribution < -0.4 is 5.32 Å². The van der Waals surface area contributed by atoms with E-state index in [0.29, 0.717) is 11.6 Å². The van der Waals surface area contributed by atoms with Gasteiger partial charge in [-0.15, -0.1) is 0 Å². The molecule has 1 aromatic rings. The summed E-state index contributed by atoms with van der Waals surface area (Å²) in [5, 5.41) is 3.07. The first-order valence-electron chi connectivity index (χ1n) is 7.91. The molecule has 1 amide bonds. The predicted octanol–water partition coefficient (Wildman–Crippen LogP) is 3.58. The molecule has 2 atom stereocenters. The van der Waals surface area contributed by atoms with Gasteiger partial charge in [0.15, 0.2) is 0 Å². The van der Waals surface area contributed by atoms with Gasteiger partial charge in [0.1, 0.15) is 5.82 Å². The van der Waals surface area contributed by atoms with E-state index >= 15 is 0 Å². The minimum atomic E-state index is -0.580. The van der Waals surface area contributed by atoms with E-state index in [1.807, 2.05) is 0 Å². The third-order valence-electron chi connectivity index (χ3n) is 4.06. The summed E-state index contributed by atoms with van der Waals surface area (Å²) in [5.74, 6) is 0.515. The van der Waals surface area contributed by atoms with Crippen molar-refractivity contribution in [1.29, 1.82) is 0 Å². The van der Waals surface area contributed by atoms with Crippen LogP contribution in [-0.2, 0) is 0 Å². The fourth-order valence-electron chi connectivity index (χ4n) is 3.25. The van der Waals surface area contributed by atoms with Crippen molar-refractivity contribution < 1.29 is 9.18 Å². The van der Waals surface area contributed by atoms with Gasteiger partial charge >= 0.3 is 0 Å². The van der Waals surface area contributed by atoms with Gasteiger partial charge in [-0.3, -0.25) is 4.79 Å². The molecule has 0 unspecified atom stereocenters. The smallest absolute Gasteiger partial charge is 0.254 e. The van der Waals surface area contributed by atoms with Crippen molar-refractivity contribution in [2.24, 2.45) is 11.8 Å². The number of likely N-dealkylation sites (tertiary alicyclic amines) is 1. The zero-order valence-corrected chi connectivity index (χ0v) is 14.0. The maximum atomic E-state index is 13.6. The number of piperidine rings is 1. The standard InChI is InChI=1S/C17H24ClFN2O/c1-12-8-13(2)11-21(10-12)7-3-6-20-17(22)15-5-4-14(18)9-16(15)19/h4-5,9,12-13H,3,6-8,10-11H2,1-2H3,(H,20,22)/t12-,13+. The molecule has 0 spiro atoms. The zero-order valence-electron chi connectivity index (χ0n) is 13.2. The Balaban J connectivity index is 1.73. The summed E-state index contributed by atoms with van der Waals surface area (Å²) in [6.45, 7) is 8.36. The molecule has 1 heterocycles. The Bertz CT molecular complexity index is 513. The number of carbonyl (C=O) groups is 1. The van der Waals surface area contributed by atoms with Crippen molar-refractivity contribution in [2.75, 3.05) is 26.2 Å². The molecule has 22 heavy (non-hydrogen) atoms. The Morgan fingerprint density at radius 2 is 2.05 bits per heavy atom. The number of halogens is 2. The SMILES string of the molecule is C[C@@H]1C[C@H](C)CN(CCCNC(=O)c2ccc(Cl)cc2F)C1. The van der Waals surface area contributed by atoms with Gasteiger partial charge in [-0.2, -0.15) is 0 Å². The first kappa shape index (κ1) is 17.2. The number of rotatable bonds is 5. The highest BCUT2D eigenvalue weighted by atomic mass is 35.5. The van der Waals surface area contributed by atoms with Crippen molar-refractivity contribution in [1.82, 2.24) is 10.2 Å². The van der Waals surface area contributed by atoms with E-state index in [9.17, 15) is 9.18 Å². The Morgan fingerprint density at radius 3 is 2.68 bits per heavy atom.